The van der Waals surface area contributed by atoms with Gasteiger partial charge in [0.1, 0.15) is 6.42 Å². The average Bonchev–Trinajstić information content (AvgIpc) is 2.56. The summed E-state index contributed by atoms with van der Waals surface area (Å²) in [5.74, 6) is -0.613. The quantitative estimate of drug-likeness (QED) is 0.722. The van der Waals surface area contributed by atoms with Crippen LogP contribution in [-0.2, 0) is 22.6 Å². The van der Waals surface area contributed by atoms with Crippen molar-refractivity contribution in [2.75, 3.05) is 6.54 Å². The fraction of sp³-hybridized carbons (Fsp3) is 0.263. The molecule has 0 aromatic heterocycles. The summed E-state index contributed by atoms with van der Waals surface area (Å²) in [4.78, 5) is 23.7. The fourth-order valence-corrected chi connectivity index (χ4v) is 2.84. The second-order valence-electron chi connectivity index (χ2n) is 5.72. The lowest BCUT2D eigenvalue weighted by Crippen LogP contribution is -2.32. The summed E-state index contributed by atoms with van der Waals surface area (Å²) in [6.45, 7) is 2.81. The predicted octanol–water partition coefficient (Wildman–Crippen LogP) is 3.67. The van der Waals surface area contributed by atoms with Crippen molar-refractivity contribution < 1.29 is 9.59 Å². The molecule has 0 bridgehead atoms. The number of benzene rings is 2. The van der Waals surface area contributed by atoms with Crippen molar-refractivity contribution in [3.63, 3.8) is 0 Å². The Labute approximate surface area is 157 Å². The molecule has 0 fully saturated rings. The van der Waals surface area contributed by atoms with E-state index in [0.29, 0.717) is 29.6 Å². The lowest BCUT2D eigenvalue weighted by atomic mass is 10.1. The number of rotatable bonds is 7. The zero-order chi connectivity index (χ0) is 18.2. The van der Waals surface area contributed by atoms with Gasteiger partial charge in [-0.1, -0.05) is 53.5 Å². The first-order valence-corrected chi connectivity index (χ1v) is 8.73. The molecule has 0 atom stereocenters. The number of carbonyl (C=O) groups excluding carboxylic acids is 2. The number of aryl methyl sites for hydroxylation is 1. The van der Waals surface area contributed by atoms with Gasteiger partial charge >= 0.3 is 0 Å². The highest BCUT2D eigenvalue weighted by Crippen LogP contribution is 2.21. The predicted molar refractivity (Wildman–Crippen MR) is 101 cm³/mol. The maximum absolute atomic E-state index is 11.9. The van der Waals surface area contributed by atoms with Crippen LogP contribution in [0.5, 0.6) is 0 Å². The van der Waals surface area contributed by atoms with Crippen LogP contribution in [0.4, 0.5) is 0 Å². The largest absolute Gasteiger partial charge is 0.355 e. The van der Waals surface area contributed by atoms with Crippen LogP contribution in [0.1, 0.15) is 23.1 Å². The Bertz CT molecular complexity index is 763. The van der Waals surface area contributed by atoms with E-state index in [1.807, 2.05) is 37.3 Å². The van der Waals surface area contributed by atoms with E-state index in [9.17, 15) is 9.59 Å². The van der Waals surface area contributed by atoms with Crippen molar-refractivity contribution in [2.24, 2.45) is 0 Å². The molecule has 0 radical (unpaired) electrons. The Kier molecular flexibility index (Phi) is 7.29. The normalized spacial score (nSPS) is 10.4. The van der Waals surface area contributed by atoms with E-state index in [1.165, 1.54) is 0 Å². The lowest BCUT2D eigenvalue weighted by molar-refractivity contribution is -0.129. The minimum atomic E-state index is -0.313. The molecule has 2 amide bonds. The molecule has 0 heterocycles. The zero-order valence-corrected chi connectivity index (χ0v) is 15.5. The monoisotopic (exact) mass is 378 g/mol. The summed E-state index contributed by atoms with van der Waals surface area (Å²) in [5.41, 5.74) is 3.04. The third kappa shape index (κ3) is 6.40. The van der Waals surface area contributed by atoms with Crippen molar-refractivity contribution in [3.8, 4) is 0 Å². The van der Waals surface area contributed by atoms with E-state index in [-0.39, 0.29) is 18.2 Å². The maximum atomic E-state index is 11.9. The Morgan fingerprint density at radius 1 is 0.960 bits per heavy atom. The molecule has 6 heteroatoms. The Morgan fingerprint density at radius 3 is 2.40 bits per heavy atom. The average molecular weight is 379 g/mol. The summed E-state index contributed by atoms with van der Waals surface area (Å²) in [7, 11) is 0. The summed E-state index contributed by atoms with van der Waals surface area (Å²) < 4.78 is 0. The standard InChI is InChI=1S/C19H20Cl2N2O2/c1-13-4-2-3-5-15(13)12-23-19(25)11-18(24)22-9-8-14-6-7-16(20)10-17(14)21/h2-7,10H,8-9,11-12H2,1H3,(H,22,24)(H,23,25). The van der Waals surface area contributed by atoms with E-state index in [0.717, 1.165) is 16.7 Å². The first-order valence-electron chi connectivity index (χ1n) is 7.97. The second kappa shape index (κ2) is 9.44. The summed E-state index contributed by atoms with van der Waals surface area (Å²) >= 11 is 11.9. The third-order valence-electron chi connectivity index (χ3n) is 3.79. The van der Waals surface area contributed by atoms with Crippen LogP contribution >= 0.6 is 23.2 Å². The van der Waals surface area contributed by atoms with Crippen LogP contribution in [0.3, 0.4) is 0 Å². The van der Waals surface area contributed by atoms with E-state index >= 15 is 0 Å². The molecule has 25 heavy (non-hydrogen) atoms. The number of hydrogen-bond donors (Lipinski definition) is 2. The second-order valence-corrected chi connectivity index (χ2v) is 6.56. The van der Waals surface area contributed by atoms with Gasteiger partial charge in [-0.2, -0.15) is 0 Å². The van der Waals surface area contributed by atoms with Crippen LogP contribution in [-0.4, -0.2) is 18.4 Å². The highest BCUT2D eigenvalue weighted by Gasteiger charge is 2.10. The van der Waals surface area contributed by atoms with Gasteiger partial charge < -0.3 is 10.6 Å². The van der Waals surface area contributed by atoms with Gasteiger partial charge in [0.15, 0.2) is 0 Å². The lowest BCUT2D eigenvalue weighted by Gasteiger charge is -2.09. The highest BCUT2D eigenvalue weighted by molar-refractivity contribution is 6.35. The number of amides is 2. The summed E-state index contributed by atoms with van der Waals surface area (Å²) in [6.07, 6.45) is 0.382. The van der Waals surface area contributed by atoms with Gasteiger partial charge in [0.2, 0.25) is 11.8 Å². The third-order valence-corrected chi connectivity index (χ3v) is 4.38. The Morgan fingerprint density at radius 2 is 1.68 bits per heavy atom. The smallest absolute Gasteiger partial charge is 0.229 e. The van der Waals surface area contributed by atoms with Gasteiger partial charge in [0, 0.05) is 23.1 Å². The van der Waals surface area contributed by atoms with Crippen molar-refractivity contribution in [3.05, 3.63) is 69.2 Å². The molecule has 0 saturated heterocycles. The molecule has 0 aliphatic rings. The fourth-order valence-electron chi connectivity index (χ4n) is 2.33. The molecule has 2 N–H and O–H groups in total. The van der Waals surface area contributed by atoms with Gasteiger partial charge in [-0.25, -0.2) is 0 Å². The summed E-state index contributed by atoms with van der Waals surface area (Å²) in [6, 6.07) is 13.0. The molecule has 2 rings (SSSR count). The molecular formula is C19H20Cl2N2O2. The Hall–Kier alpha value is -2.04. The SMILES string of the molecule is Cc1ccccc1CNC(=O)CC(=O)NCCc1ccc(Cl)cc1Cl. The molecule has 2 aromatic carbocycles. The molecule has 0 aliphatic heterocycles. The van der Waals surface area contributed by atoms with Gasteiger partial charge in [-0.15, -0.1) is 0 Å². The number of carbonyl (C=O) groups is 2. The number of nitrogens with one attached hydrogen (secondary N) is 2. The van der Waals surface area contributed by atoms with Crippen molar-refractivity contribution >= 4 is 35.0 Å². The van der Waals surface area contributed by atoms with Gasteiger partial charge in [0.05, 0.1) is 0 Å². The molecule has 0 aliphatic carbocycles. The van der Waals surface area contributed by atoms with Crippen LogP contribution < -0.4 is 10.6 Å². The van der Waals surface area contributed by atoms with Crippen LogP contribution in [0.15, 0.2) is 42.5 Å². The highest BCUT2D eigenvalue weighted by atomic mass is 35.5. The minimum absolute atomic E-state index is 0.194. The van der Waals surface area contributed by atoms with Crippen LogP contribution in [0, 0.1) is 6.92 Å². The van der Waals surface area contributed by atoms with E-state index in [2.05, 4.69) is 10.6 Å². The molecule has 0 spiro atoms. The molecule has 4 nitrogen and oxygen atoms in total. The van der Waals surface area contributed by atoms with Gasteiger partial charge in [-0.05, 0) is 42.2 Å². The van der Waals surface area contributed by atoms with E-state index in [1.54, 1.807) is 12.1 Å². The van der Waals surface area contributed by atoms with Crippen molar-refractivity contribution in [1.29, 1.82) is 0 Å². The van der Waals surface area contributed by atoms with Crippen molar-refractivity contribution in [1.82, 2.24) is 10.6 Å². The molecular weight excluding hydrogens is 359 g/mol. The van der Waals surface area contributed by atoms with Crippen LogP contribution in [0.25, 0.3) is 0 Å². The molecule has 0 unspecified atom stereocenters. The first kappa shape index (κ1) is 19.3. The van der Waals surface area contributed by atoms with Gasteiger partial charge in [-0.3, -0.25) is 9.59 Å². The first-order chi connectivity index (χ1) is 12.0. The minimum Gasteiger partial charge on any atom is -0.355 e. The number of halogens is 2. The molecule has 132 valence electrons. The van der Waals surface area contributed by atoms with E-state index < -0.39 is 0 Å². The number of hydrogen-bond acceptors (Lipinski definition) is 2. The van der Waals surface area contributed by atoms with Crippen LogP contribution in [0.2, 0.25) is 10.0 Å². The zero-order valence-electron chi connectivity index (χ0n) is 13.9. The van der Waals surface area contributed by atoms with Gasteiger partial charge in [0.25, 0.3) is 0 Å². The Balaban J connectivity index is 1.71. The maximum Gasteiger partial charge on any atom is 0.229 e. The van der Waals surface area contributed by atoms with E-state index in [4.69, 9.17) is 23.2 Å². The molecule has 0 saturated carbocycles. The topological polar surface area (TPSA) is 58.2 Å². The van der Waals surface area contributed by atoms with Crippen molar-refractivity contribution in [2.45, 2.75) is 26.3 Å². The summed E-state index contributed by atoms with van der Waals surface area (Å²) in [5, 5.41) is 6.62. The molecule has 2 aromatic rings.